The minimum atomic E-state index is -3.71. The van der Waals surface area contributed by atoms with E-state index in [4.69, 9.17) is 11.6 Å². The quantitative estimate of drug-likeness (QED) is 0.759. The van der Waals surface area contributed by atoms with Crippen molar-refractivity contribution in [1.29, 1.82) is 0 Å². The maximum Gasteiger partial charge on any atom is 0.285 e. The molecule has 0 saturated carbocycles. The van der Waals surface area contributed by atoms with Crippen molar-refractivity contribution in [1.82, 2.24) is 9.97 Å². The number of aromatic amines is 1. The molecule has 0 aliphatic heterocycles. The summed E-state index contributed by atoms with van der Waals surface area (Å²) in [5, 5.41) is -1.30. The molecule has 1 rings (SSSR count). The van der Waals surface area contributed by atoms with Gasteiger partial charge >= 0.3 is 0 Å². The summed E-state index contributed by atoms with van der Waals surface area (Å²) in [6, 6.07) is 0. The van der Waals surface area contributed by atoms with Crippen LogP contribution < -0.4 is 5.56 Å². The maximum atomic E-state index is 11.6. The summed E-state index contributed by atoms with van der Waals surface area (Å²) in [7, 11) is -3.71. The fraction of sp³-hybridized carbons (Fsp3) is 0.429. The van der Waals surface area contributed by atoms with Gasteiger partial charge in [-0.1, -0.05) is 0 Å². The first-order valence-electron chi connectivity index (χ1n) is 3.83. The molecule has 1 N–H and O–H groups in total. The third-order valence-corrected chi connectivity index (χ3v) is 4.39. The molecule has 0 fully saturated rings. The van der Waals surface area contributed by atoms with E-state index >= 15 is 0 Å². The number of H-pyrrole nitrogens is 1. The Labute approximate surface area is 86.1 Å². The highest BCUT2D eigenvalue weighted by Gasteiger charge is 2.26. The van der Waals surface area contributed by atoms with E-state index in [2.05, 4.69) is 9.97 Å². The van der Waals surface area contributed by atoms with Crippen molar-refractivity contribution in [2.24, 2.45) is 0 Å². The van der Waals surface area contributed by atoms with Crippen molar-refractivity contribution in [3.05, 3.63) is 22.7 Å². The fourth-order valence-electron chi connectivity index (χ4n) is 0.814. The molecule has 5 nitrogen and oxygen atoms in total. The van der Waals surface area contributed by atoms with Crippen molar-refractivity contribution in [2.75, 3.05) is 5.88 Å². The standard InChI is InChI=1S/C7H9ClN2O3S/c1-5(4-8)14(12,13)7-6(11)9-2-3-10-7/h2-3,5H,4H2,1H3,(H,9,11). The lowest BCUT2D eigenvalue weighted by Crippen LogP contribution is -2.27. The van der Waals surface area contributed by atoms with E-state index in [1.54, 1.807) is 0 Å². The van der Waals surface area contributed by atoms with Crippen LogP contribution in [0, 0.1) is 0 Å². The van der Waals surface area contributed by atoms with Gasteiger partial charge in [-0.15, -0.1) is 11.6 Å². The molecule has 0 aliphatic rings. The highest BCUT2D eigenvalue weighted by atomic mass is 35.5. The lowest BCUT2D eigenvalue weighted by Gasteiger charge is -2.06. The fourth-order valence-corrected chi connectivity index (χ4v) is 2.38. The van der Waals surface area contributed by atoms with Crippen LogP contribution in [0.1, 0.15) is 6.92 Å². The van der Waals surface area contributed by atoms with Gasteiger partial charge in [0, 0.05) is 18.3 Å². The molecule has 1 aromatic rings. The molecule has 0 saturated heterocycles. The minimum Gasteiger partial charge on any atom is -0.325 e. The van der Waals surface area contributed by atoms with Gasteiger partial charge in [0.25, 0.3) is 5.56 Å². The van der Waals surface area contributed by atoms with Crippen LogP contribution in [0.5, 0.6) is 0 Å². The topological polar surface area (TPSA) is 79.9 Å². The lowest BCUT2D eigenvalue weighted by molar-refractivity contribution is 0.582. The van der Waals surface area contributed by atoms with Gasteiger partial charge in [-0.25, -0.2) is 13.4 Å². The molecule has 0 radical (unpaired) electrons. The highest BCUT2D eigenvalue weighted by Crippen LogP contribution is 2.09. The van der Waals surface area contributed by atoms with Crippen molar-refractivity contribution in [3.63, 3.8) is 0 Å². The summed E-state index contributed by atoms with van der Waals surface area (Å²) in [5.41, 5.74) is -0.718. The molecular weight excluding hydrogens is 228 g/mol. The molecule has 78 valence electrons. The number of aromatic nitrogens is 2. The van der Waals surface area contributed by atoms with E-state index < -0.39 is 25.7 Å². The van der Waals surface area contributed by atoms with Crippen LogP contribution in [-0.4, -0.2) is 29.5 Å². The number of sulfone groups is 1. The van der Waals surface area contributed by atoms with E-state index in [-0.39, 0.29) is 5.88 Å². The third kappa shape index (κ3) is 1.96. The van der Waals surface area contributed by atoms with Gasteiger partial charge in [0.15, 0.2) is 0 Å². The van der Waals surface area contributed by atoms with E-state index in [1.807, 2.05) is 0 Å². The molecule has 1 aromatic heterocycles. The van der Waals surface area contributed by atoms with E-state index in [0.29, 0.717) is 0 Å². The predicted molar refractivity (Wildman–Crippen MR) is 52.2 cm³/mol. The summed E-state index contributed by atoms with van der Waals surface area (Å²) in [6.45, 7) is 1.43. The van der Waals surface area contributed by atoms with Crippen LogP contribution in [0.15, 0.2) is 22.2 Å². The van der Waals surface area contributed by atoms with Crippen LogP contribution in [0.4, 0.5) is 0 Å². The van der Waals surface area contributed by atoms with Gasteiger partial charge in [0.1, 0.15) is 0 Å². The van der Waals surface area contributed by atoms with Crippen LogP contribution in [-0.2, 0) is 9.84 Å². The van der Waals surface area contributed by atoms with Gasteiger partial charge in [-0.05, 0) is 6.92 Å². The highest BCUT2D eigenvalue weighted by molar-refractivity contribution is 7.92. The average Bonchev–Trinajstić information content (AvgIpc) is 2.17. The molecule has 0 spiro atoms. The Morgan fingerprint density at radius 2 is 2.29 bits per heavy atom. The Hall–Kier alpha value is -0.880. The van der Waals surface area contributed by atoms with E-state index in [1.165, 1.54) is 19.3 Å². The van der Waals surface area contributed by atoms with Gasteiger partial charge in [0.05, 0.1) is 5.25 Å². The Morgan fingerprint density at radius 1 is 1.64 bits per heavy atom. The smallest absolute Gasteiger partial charge is 0.285 e. The van der Waals surface area contributed by atoms with Gasteiger partial charge in [0.2, 0.25) is 14.9 Å². The van der Waals surface area contributed by atoms with Crippen molar-refractivity contribution in [2.45, 2.75) is 17.2 Å². The Morgan fingerprint density at radius 3 is 2.79 bits per heavy atom. The van der Waals surface area contributed by atoms with E-state index in [0.717, 1.165) is 0 Å². The monoisotopic (exact) mass is 236 g/mol. The number of nitrogens with one attached hydrogen (secondary N) is 1. The maximum absolute atomic E-state index is 11.6. The SMILES string of the molecule is CC(CCl)S(=O)(=O)c1ncc[nH]c1=O. The number of rotatable bonds is 3. The van der Waals surface area contributed by atoms with Gasteiger partial charge in [-0.3, -0.25) is 4.79 Å². The van der Waals surface area contributed by atoms with Gasteiger partial charge < -0.3 is 4.98 Å². The summed E-state index contributed by atoms with van der Waals surface area (Å²) in [5.74, 6) is -0.0711. The predicted octanol–water partition coefficient (Wildman–Crippen LogP) is 0.171. The Balaban J connectivity index is 3.32. The molecule has 1 heterocycles. The summed E-state index contributed by atoms with van der Waals surface area (Å²) < 4.78 is 23.2. The van der Waals surface area contributed by atoms with Crippen LogP contribution >= 0.6 is 11.6 Å². The van der Waals surface area contributed by atoms with Crippen molar-refractivity contribution >= 4 is 21.4 Å². The number of hydrogen-bond donors (Lipinski definition) is 1. The lowest BCUT2D eigenvalue weighted by atomic mass is 10.6. The second-order valence-electron chi connectivity index (χ2n) is 2.73. The third-order valence-electron chi connectivity index (χ3n) is 1.69. The minimum absolute atomic E-state index is 0.0711. The molecule has 0 aliphatic carbocycles. The molecule has 0 aromatic carbocycles. The van der Waals surface area contributed by atoms with Gasteiger partial charge in [-0.2, -0.15) is 0 Å². The zero-order valence-electron chi connectivity index (χ0n) is 7.40. The second kappa shape index (κ2) is 4.10. The molecule has 0 bridgehead atoms. The molecular formula is C7H9ClN2O3S. The molecule has 1 atom stereocenters. The second-order valence-corrected chi connectivity index (χ2v) is 5.32. The Kier molecular flexibility index (Phi) is 3.28. The number of hydrogen-bond acceptors (Lipinski definition) is 4. The summed E-state index contributed by atoms with van der Waals surface area (Å²) >= 11 is 5.42. The van der Waals surface area contributed by atoms with Crippen LogP contribution in [0.2, 0.25) is 0 Å². The molecule has 7 heteroatoms. The molecule has 14 heavy (non-hydrogen) atoms. The summed E-state index contributed by atoms with van der Waals surface area (Å²) in [6.07, 6.45) is 2.49. The summed E-state index contributed by atoms with van der Waals surface area (Å²) in [4.78, 5) is 16.9. The number of alkyl halides is 1. The van der Waals surface area contributed by atoms with Crippen LogP contribution in [0.3, 0.4) is 0 Å². The van der Waals surface area contributed by atoms with Crippen LogP contribution in [0.25, 0.3) is 0 Å². The van der Waals surface area contributed by atoms with Crippen molar-refractivity contribution < 1.29 is 8.42 Å². The largest absolute Gasteiger partial charge is 0.325 e. The Bertz CT molecular complexity index is 468. The van der Waals surface area contributed by atoms with Crippen molar-refractivity contribution in [3.8, 4) is 0 Å². The number of halogens is 1. The molecule has 1 unspecified atom stereocenters. The zero-order valence-corrected chi connectivity index (χ0v) is 8.97. The zero-order chi connectivity index (χ0) is 10.8. The first kappa shape index (κ1) is 11.2. The first-order chi connectivity index (χ1) is 6.50. The normalized spacial score (nSPS) is 13.9. The van der Waals surface area contributed by atoms with E-state index in [9.17, 15) is 13.2 Å². The molecule has 0 amide bonds. The first-order valence-corrected chi connectivity index (χ1v) is 5.91. The number of nitrogens with zero attached hydrogens (tertiary/aromatic N) is 1. The average molecular weight is 237 g/mol.